The van der Waals surface area contributed by atoms with Gasteiger partial charge in [0.1, 0.15) is 23.4 Å². The van der Waals surface area contributed by atoms with Crippen LogP contribution in [0.3, 0.4) is 0 Å². The maximum absolute atomic E-state index is 13.8. The number of aromatic hydroxyl groups is 1. The van der Waals surface area contributed by atoms with Gasteiger partial charge in [-0.3, -0.25) is 9.59 Å². The fourth-order valence-electron chi connectivity index (χ4n) is 3.62. The van der Waals surface area contributed by atoms with Crippen molar-refractivity contribution in [1.29, 1.82) is 0 Å². The highest BCUT2D eigenvalue weighted by molar-refractivity contribution is 5.92. The molecule has 1 aromatic rings. The minimum atomic E-state index is -1.05. The molecule has 0 fully saturated rings. The van der Waals surface area contributed by atoms with Crippen LogP contribution in [0.2, 0.25) is 0 Å². The summed E-state index contributed by atoms with van der Waals surface area (Å²) < 4.78 is 5.35. The number of hydrogen-bond acceptors (Lipinski definition) is 6. The zero-order valence-corrected chi connectivity index (χ0v) is 22.2. The Morgan fingerprint density at radius 2 is 1.83 bits per heavy atom. The van der Waals surface area contributed by atoms with Gasteiger partial charge < -0.3 is 30.5 Å². The van der Waals surface area contributed by atoms with Crippen molar-refractivity contribution in [2.24, 2.45) is 5.92 Å². The molecule has 0 saturated heterocycles. The van der Waals surface area contributed by atoms with Crippen LogP contribution in [0.25, 0.3) is 0 Å². The molecule has 0 saturated carbocycles. The largest absolute Gasteiger partial charge is 0.508 e. The maximum atomic E-state index is 13.8. The number of carbonyl (C=O) groups excluding carboxylic acids is 3. The molecule has 0 aliphatic carbocycles. The van der Waals surface area contributed by atoms with Gasteiger partial charge in [-0.15, -0.1) is 0 Å². The van der Waals surface area contributed by atoms with Crippen molar-refractivity contribution in [2.75, 3.05) is 19.7 Å². The number of phenols is 1. The minimum absolute atomic E-state index is 0.0580. The number of benzene rings is 1. The highest BCUT2D eigenvalue weighted by Crippen LogP contribution is 2.27. The molecule has 9 nitrogen and oxygen atoms in total. The summed E-state index contributed by atoms with van der Waals surface area (Å²) in [6.07, 6.45) is 1.25. The molecular weight excluding hydrogens is 450 g/mol. The lowest BCUT2D eigenvalue weighted by Crippen LogP contribution is -2.54. The van der Waals surface area contributed by atoms with Gasteiger partial charge in [0.05, 0.1) is 6.61 Å². The summed E-state index contributed by atoms with van der Waals surface area (Å²) in [5.74, 6) is -0.767. The number of rotatable bonds is 12. The highest BCUT2D eigenvalue weighted by atomic mass is 16.6. The van der Waals surface area contributed by atoms with Crippen LogP contribution in [-0.2, 0) is 14.3 Å². The standard InChI is InChI=1S/C26H43N3O6/c1-8-9-12-27-23(32)22(19-10-11-21(31)18(4)16-19)29(13-14-30)24(33)20(15-17(2)3)28-25(34)35-26(5,6)7/h10-11,16-17,20,22,30-31H,8-9,12-15H2,1-7H3,(H,27,32)(H,28,34). The van der Waals surface area contributed by atoms with Crippen molar-refractivity contribution >= 4 is 17.9 Å². The van der Waals surface area contributed by atoms with Crippen molar-refractivity contribution in [3.05, 3.63) is 29.3 Å². The van der Waals surface area contributed by atoms with Crippen LogP contribution in [0.5, 0.6) is 5.75 Å². The Kier molecular flexibility index (Phi) is 12.0. The molecule has 0 bridgehead atoms. The molecular formula is C26H43N3O6. The van der Waals surface area contributed by atoms with E-state index in [1.807, 2.05) is 20.8 Å². The van der Waals surface area contributed by atoms with E-state index >= 15 is 0 Å². The number of aryl methyl sites for hydroxylation is 1. The van der Waals surface area contributed by atoms with E-state index in [0.717, 1.165) is 12.8 Å². The minimum Gasteiger partial charge on any atom is -0.508 e. The van der Waals surface area contributed by atoms with Crippen LogP contribution in [0, 0.1) is 12.8 Å². The van der Waals surface area contributed by atoms with Gasteiger partial charge in [0.25, 0.3) is 0 Å². The topological polar surface area (TPSA) is 128 Å². The Morgan fingerprint density at radius 1 is 1.17 bits per heavy atom. The van der Waals surface area contributed by atoms with Crippen LogP contribution in [0.4, 0.5) is 4.79 Å². The van der Waals surface area contributed by atoms with Crippen LogP contribution < -0.4 is 10.6 Å². The Hall–Kier alpha value is -2.81. The summed E-state index contributed by atoms with van der Waals surface area (Å²) in [4.78, 5) is 40.9. The quantitative estimate of drug-likeness (QED) is 0.330. The fraction of sp³-hybridized carbons (Fsp3) is 0.654. The van der Waals surface area contributed by atoms with Gasteiger partial charge in [-0.1, -0.05) is 33.3 Å². The summed E-state index contributed by atoms with van der Waals surface area (Å²) in [5, 5.41) is 25.3. The third-order valence-corrected chi connectivity index (χ3v) is 5.25. The van der Waals surface area contributed by atoms with Crippen LogP contribution in [0.1, 0.15) is 78.0 Å². The average molecular weight is 494 g/mol. The first-order chi connectivity index (χ1) is 16.3. The predicted molar refractivity (Wildman–Crippen MR) is 135 cm³/mol. The second-order valence-corrected chi connectivity index (χ2v) is 10.2. The summed E-state index contributed by atoms with van der Waals surface area (Å²) >= 11 is 0. The highest BCUT2D eigenvalue weighted by Gasteiger charge is 2.36. The van der Waals surface area contributed by atoms with E-state index < -0.39 is 35.6 Å². The number of nitrogens with zero attached hydrogens (tertiary/aromatic N) is 1. The van der Waals surface area contributed by atoms with Crippen LogP contribution >= 0.6 is 0 Å². The zero-order valence-electron chi connectivity index (χ0n) is 22.2. The number of phenolic OH excluding ortho intramolecular Hbond substituents is 1. The monoisotopic (exact) mass is 493 g/mol. The van der Waals surface area contributed by atoms with E-state index in [2.05, 4.69) is 10.6 Å². The number of ether oxygens (including phenoxy) is 1. The zero-order chi connectivity index (χ0) is 26.8. The molecule has 0 aliphatic heterocycles. The Labute approximate surface area is 209 Å². The molecule has 0 spiro atoms. The summed E-state index contributed by atoms with van der Waals surface area (Å²) in [5.41, 5.74) is 0.304. The van der Waals surface area contributed by atoms with E-state index in [1.54, 1.807) is 39.8 Å². The van der Waals surface area contributed by atoms with Gasteiger partial charge >= 0.3 is 6.09 Å². The van der Waals surface area contributed by atoms with E-state index in [-0.39, 0.29) is 24.8 Å². The molecule has 9 heteroatoms. The molecule has 3 amide bonds. The van der Waals surface area contributed by atoms with Gasteiger partial charge in [-0.05, 0) is 69.7 Å². The van der Waals surface area contributed by atoms with E-state index in [0.29, 0.717) is 24.1 Å². The molecule has 0 radical (unpaired) electrons. The number of aliphatic hydroxyl groups excluding tert-OH is 1. The number of nitrogens with one attached hydrogen (secondary N) is 2. The lowest BCUT2D eigenvalue weighted by Gasteiger charge is -2.34. The molecule has 2 atom stereocenters. The molecule has 35 heavy (non-hydrogen) atoms. The number of hydrogen-bond donors (Lipinski definition) is 4. The van der Waals surface area contributed by atoms with Crippen molar-refractivity contribution < 1.29 is 29.3 Å². The van der Waals surface area contributed by atoms with Crippen molar-refractivity contribution in [1.82, 2.24) is 15.5 Å². The van der Waals surface area contributed by atoms with Crippen molar-refractivity contribution in [3.8, 4) is 5.75 Å². The number of aliphatic hydroxyl groups is 1. The first kappa shape index (κ1) is 30.2. The molecule has 198 valence electrons. The molecule has 0 heterocycles. The van der Waals surface area contributed by atoms with E-state index in [4.69, 9.17) is 4.74 Å². The average Bonchev–Trinajstić information content (AvgIpc) is 2.73. The van der Waals surface area contributed by atoms with Gasteiger partial charge in [0, 0.05) is 13.1 Å². The Balaban J connectivity index is 3.42. The van der Waals surface area contributed by atoms with Gasteiger partial charge in [-0.25, -0.2) is 4.79 Å². The molecule has 0 aliphatic rings. The second kappa shape index (κ2) is 13.9. The predicted octanol–water partition coefficient (Wildman–Crippen LogP) is 3.42. The summed E-state index contributed by atoms with van der Waals surface area (Å²) in [6, 6.07) is 2.70. The van der Waals surface area contributed by atoms with Gasteiger partial charge in [0.2, 0.25) is 11.8 Å². The molecule has 1 rings (SSSR count). The lowest BCUT2D eigenvalue weighted by atomic mass is 9.98. The third kappa shape index (κ3) is 10.1. The molecule has 1 aromatic carbocycles. The first-order valence-electron chi connectivity index (χ1n) is 12.3. The third-order valence-electron chi connectivity index (χ3n) is 5.25. The number of carbonyl (C=O) groups is 3. The smallest absolute Gasteiger partial charge is 0.408 e. The van der Waals surface area contributed by atoms with E-state index in [1.165, 1.54) is 11.0 Å². The molecule has 4 N–H and O–H groups in total. The van der Waals surface area contributed by atoms with Gasteiger partial charge in [-0.2, -0.15) is 0 Å². The Bertz CT molecular complexity index is 850. The van der Waals surface area contributed by atoms with Crippen LogP contribution in [-0.4, -0.2) is 64.4 Å². The van der Waals surface area contributed by atoms with Crippen LogP contribution in [0.15, 0.2) is 18.2 Å². The normalized spacial score (nSPS) is 13.2. The second-order valence-electron chi connectivity index (χ2n) is 10.2. The molecule has 0 aromatic heterocycles. The van der Waals surface area contributed by atoms with Crippen molar-refractivity contribution in [2.45, 2.75) is 85.4 Å². The number of amides is 3. The first-order valence-corrected chi connectivity index (χ1v) is 12.3. The van der Waals surface area contributed by atoms with Crippen molar-refractivity contribution in [3.63, 3.8) is 0 Å². The number of unbranched alkanes of at least 4 members (excludes halogenated alkanes) is 1. The summed E-state index contributed by atoms with van der Waals surface area (Å²) in [6.45, 7) is 12.7. The number of alkyl carbamates (subject to hydrolysis) is 1. The van der Waals surface area contributed by atoms with Gasteiger partial charge in [0.15, 0.2) is 0 Å². The SMILES string of the molecule is CCCCNC(=O)C(c1ccc(O)c(C)c1)N(CCO)C(=O)C(CC(C)C)NC(=O)OC(C)(C)C. The Morgan fingerprint density at radius 3 is 2.34 bits per heavy atom. The lowest BCUT2D eigenvalue weighted by molar-refractivity contribution is -0.143. The molecule has 2 unspecified atom stereocenters. The van der Waals surface area contributed by atoms with E-state index in [9.17, 15) is 24.6 Å². The maximum Gasteiger partial charge on any atom is 0.408 e. The summed E-state index contributed by atoms with van der Waals surface area (Å²) in [7, 11) is 0. The fourth-order valence-corrected chi connectivity index (χ4v) is 3.62.